The van der Waals surface area contributed by atoms with E-state index in [1.54, 1.807) is 71.3 Å². The molecule has 1 saturated heterocycles. The predicted molar refractivity (Wildman–Crippen MR) is 184 cm³/mol. The van der Waals surface area contributed by atoms with E-state index in [4.69, 9.17) is 4.74 Å². The molecule has 13 heteroatoms. The van der Waals surface area contributed by atoms with Crippen LogP contribution in [0.15, 0.2) is 54.0 Å². The minimum absolute atomic E-state index is 0.0375. The number of β-amino-alcohol motifs (C(OH)–C–C–N with tert-alkyl or cyclic N) is 1. The molecule has 3 aromatic rings. The van der Waals surface area contributed by atoms with Gasteiger partial charge in [0.15, 0.2) is 0 Å². The van der Waals surface area contributed by atoms with Gasteiger partial charge in [-0.1, -0.05) is 57.2 Å². The average Bonchev–Trinajstić information content (AvgIpc) is 3.70. The Morgan fingerprint density at radius 1 is 0.980 bits per heavy atom. The molecule has 0 radical (unpaired) electrons. The molecular formula is C36H43N5O7S. The van der Waals surface area contributed by atoms with Gasteiger partial charge in [-0.2, -0.15) is 0 Å². The van der Waals surface area contributed by atoms with Crippen LogP contribution in [0, 0.1) is 12.3 Å². The second-order valence-corrected chi connectivity index (χ2v) is 15.4. The fraction of sp³-hybridized carbons (Fsp3) is 0.444. The van der Waals surface area contributed by atoms with E-state index in [1.807, 2.05) is 31.2 Å². The van der Waals surface area contributed by atoms with Gasteiger partial charge in [-0.05, 0) is 56.4 Å². The summed E-state index contributed by atoms with van der Waals surface area (Å²) >= 11 is 1.50. The number of aromatic nitrogens is 1. The molecule has 2 aliphatic heterocycles. The van der Waals surface area contributed by atoms with Crippen molar-refractivity contribution >= 4 is 41.1 Å². The first-order valence-electron chi connectivity index (χ1n) is 16.2. The molecule has 5 amide bonds. The molecule has 12 nitrogen and oxygen atoms in total. The van der Waals surface area contributed by atoms with E-state index >= 15 is 0 Å². The number of aryl methyl sites for hydroxylation is 1. The zero-order chi connectivity index (χ0) is 35.8. The number of fused-ring (bicyclic) bond motifs is 1. The van der Waals surface area contributed by atoms with Crippen molar-refractivity contribution in [3.63, 3.8) is 0 Å². The van der Waals surface area contributed by atoms with Crippen LogP contribution in [-0.4, -0.2) is 86.5 Å². The topological polar surface area (TPSA) is 158 Å². The van der Waals surface area contributed by atoms with Gasteiger partial charge in [0.2, 0.25) is 11.8 Å². The molecule has 2 unspecified atom stereocenters. The first kappa shape index (κ1) is 35.7. The van der Waals surface area contributed by atoms with E-state index in [9.17, 15) is 29.1 Å². The molecule has 4 atom stereocenters. The number of amides is 5. The molecule has 5 rings (SSSR count). The summed E-state index contributed by atoms with van der Waals surface area (Å²) in [5.41, 5.74) is 3.21. The summed E-state index contributed by atoms with van der Waals surface area (Å²) in [5, 5.41) is 16.3. The second kappa shape index (κ2) is 13.7. The number of alkyl carbamates (subject to hydrolysis) is 1. The monoisotopic (exact) mass is 689 g/mol. The van der Waals surface area contributed by atoms with Crippen LogP contribution in [-0.2, 0) is 14.3 Å². The van der Waals surface area contributed by atoms with E-state index in [2.05, 4.69) is 15.6 Å². The summed E-state index contributed by atoms with van der Waals surface area (Å²) in [7, 11) is 0. The summed E-state index contributed by atoms with van der Waals surface area (Å²) in [5.74, 6) is -2.05. The summed E-state index contributed by atoms with van der Waals surface area (Å²) < 4.78 is 5.40. The van der Waals surface area contributed by atoms with Crippen molar-refractivity contribution in [3.8, 4) is 10.4 Å². The Balaban J connectivity index is 1.42. The van der Waals surface area contributed by atoms with Gasteiger partial charge in [0.05, 0.1) is 45.9 Å². The minimum Gasteiger partial charge on any atom is -0.444 e. The van der Waals surface area contributed by atoms with Crippen LogP contribution < -0.4 is 10.6 Å². The third kappa shape index (κ3) is 7.83. The summed E-state index contributed by atoms with van der Waals surface area (Å²) in [6, 6.07) is 11.0. The lowest BCUT2D eigenvalue weighted by atomic mass is 9.85. The van der Waals surface area contributed by atoms with Crippen LogP contribution >= 0.6 is 11.3 Å². The lowest BCUT2D eigenvalue weighted by Gasteiger charge is -2.36. The number of aliphatic hydroxyl groups excluding tert-OH is 1. The standard InChI is InChI=1S/C36H43N5O7S/c1-20-28(49-19-37-20)22-14-12-21(13-15-22)26(18-41-31(44)24-10-8-9-11-25(24)32(41)45)38-30(43)27-16-23(42)17-40(27)33(46)29(35(2,3)4)39-34(47)48-36(5,6)7/h8-15,19,23,26-27,29,42H,16-18H2,1-7H3,(H,38,43)(H,39,47)/t23-,26?,27+,29?/m1/s1. The zero-order valence-electron chi connectivity index (χ0n) is 28.8. The average molecular weight is 690 g/mol. The molecule has 1 aromatic heterocycles. The number of ether oxygens (including phenoxy) is 1. The number of carbonyl (C=O) groups is 5. The van der Waals surface area contributed by atoms with Gasteiger partial charge in [0.1, 0.15) is 17.7 Å². The number of thiazole rings is 1. The molecule has 0 bridgehead atoms. The number of aliphatic hydroxyl groups is 1. The number of carbonyl (C=O) groups excluding carboxylic acids is 5. The van der Waals surface area contributed by atoms with Crippen molar-refractivity contribution in [3.05, 3.63) is 76.4 Å². The Morgan fingerprint density at radius 3 is 2.12 bits per heavy atom. The number of rotatable bonds is 8. The maximum Gasteiger partial charge on any atom is 0.408 e. The molecule has 3 heterocycles. The first-order chi connectivity index (χ1) is 22.9. The number of imide groups is 1. The summed E-state index contributed by atoms with van der Waals surface area (Å²) in [4.78, 5) is 75.3. The zero-order valence-corrected chi connectivity index (χ0v) is 29.6. The Hall–Kier alpha value is -4.62. The van der Waals surface area contributed by atoms with E-state index in [0.29, 0.717) is 5.56 Å². The number of likely N-dealkylation sites (tertiary alicyclic amines) is 1. The van der Waals surface area contributed by atoms with Gasteiger partial charge in [-0.25, -0.2) is 9.78 Å². The quantitative estimate of drug-likeness (QED) is 0.293. The lowest BCUT2D eigenvalue weighted by Crippen LogP contribution is -2.58. The highest BCUT2D eigenvalue weighted by Gasteiger charge is 2.46. The molecule has 2 aromatic carbocycles. The molecular weight excluding hydrogens is 646 g/mol. The van der Waals surface area contributed by atoms with E-state index in [1.165, 1.54) is 16.2 Å². The number of nitrogens with one attached hydrogen (secondary N) is 2. The van der Waals surface area contributed by atoms with Crippen molar-refractivity contribution in [1.29, 1.82) is 0 Å². The summed E-state index contributed by atoms with van der Waals surface area (Å²) in [6.45, 7) is 12.1. The maximum atomic E-state index is 14.1. The van der Waals surface area contributed by atoms with Crippen LogP contribution in [0.2, 0.25) is 0 Å². The van der Waals surface area contributed by atoms with E-state index < -0.39 is 65.0 Å². The van der Waals surface area contributed by atoms with E-state index in [0.717, 1.165) is 21.0 Å². The number of hydrogen-bond acceptors (Lipinski definition) is 9. The van der Waals surface area contributed by atoms with Gasteiger partial charge >= 0.3 is 6.09 Å². The van der Waals surface area contributed by atoms with Crippen LogP contribution in [0.25, 0.3) is 10.4 Å². The van der Waals surface area contributed by atoms with Crippen molar-refractivity contribution in [1.82, 2.24) is 25.4 Å². The van der Waals surface area contributed by atoms with Crippen molar-refractivity contribution < 1.29 is 33.8 Å². The lowest BCUT2D eigenvalue weighted by molar-refractivity contribution is -0.142. The molecule has 0 aliphatic carbocycles. The van der Waals surface area contributed by atoms with Crippen molar-refractivity contribution in [2.24, 2.45) is 5.41 Å². The number of nitrogens with zero attached hydrogens (tertiary/aromatic N) is 3. The minimum atomic E-state index is -1.09. The Bertz CT molecular complexity index is 1720. The van der Waals surface area contributed by atoms with Crippen molar-refractivity contribution in [2.45, 2.75) is 84.7 Å². The molecule has 3 N–H and O–H groups in total. The summed E-state index contributed by atoms with van der Waals surface area (Å²) in [6.07, 6.45) is -1.80. The second-order valence-electron chi connectivity index (χ2n) is 14.6. The number of benzene rings is 2. The Kier molecular flexibility index (Phi) is 9.98. The van der Waals surface area contributed by atoms with Gasteiger partial charge in [0.25, 0.3) is 11.8 Å². The van der Waals surface area contributed by atoms with Crippen molar-refractivity contribution in [2.75, 3.05) is 13.1 Å². The van der Waals surface area contributed by atoms with E-state index in [-0.39, 0.29) is 30.6 Å². The molecule has 2 aliphatic rings. The molecule has 0 saturated carbocycles. The Morgan fingerprint density at radius 2 is 1.59 bits per heavy atom. The number of hydrogen-bond donors (Lipinski definition) is 3. The highest BCUT2D eigenvalue weighted by molar-refractivity contribution is 7.13. The normalized spacial score (nSPS) is 19.0. The first-order valence-corrected chi connectivity index (χ1v) is 17.1. The van der Waals surface area contributed by atoms with Gasteiger partial charge in [-0.15, -0.1) is 11.3 Å². The molecule has 260 valence electrons. The fourth-order valence-corrected chi connectivity index (χ4v) is 6.89. The fourth-order valence-electron chi connectivity index (χ4n) is 6.08. The smallest absolute Gasteiger partial charge is 0.408 e. The van der Waals surface area contributed by atoms with Crippen LogP contribution in [0.5, 0.6) is 0 Å². The molecule has 0 spiro atoms. The molecule has 1 fully saturated rings. The largest absolute Gasteiger partial charge is 0.444 e. The highest BCUT2D eigenvalue weighted by Crippen LogP contribution is 2.31. The van der Waals surface area contributed by atoms with Gasteiger partial charge in [0, 0.05) is 13.0 Å². The van der Waals surface area contributed by atoms with Crippen LogP contribution in [0.4, 0.5) is 4.79 Å². The van der Waals surface area contributed by atoms with Crippen LogP contribution in [0.3, 0.4) is 0 Å². The van der Waals surface area contributed by atoms with Gasteiger partial charge < -0.3 is 25.4 Å². The Labute approximate surface area is 289 Å². The third-order valence-electron chi connectivity index (χ3n) is 8.52. The predicted octanol–water partition coefficient (Wildman–Crippen LogP) is 4.47. The molecule has 49 heavy (non-hydrogen) atoms. The SMILES string of the molecule is Cc1ncsc1-c1ccc(C(CN2C(=O)c3ccccc3C2=O)NC(=O)[C@@H]2C[C@@H](O)CN2C(=O)C(NC(=O)OC(C)(C)C)C(C)(C)C)cc1. The maximum absolute atomic E-state index is 14.1. The third-order valence-corrected chi connectivity index (χ3v) is 9.50. The van der Waals surface area contributed by atoms with Crippen LogP contribution in [0.1, 0.15) is 86.0 Å². The highest BCUT2D eigenvalue weighted by atomic mass is 32.1. The van der Waals surface area contributed by atoms with Gasteiger partial charge in [-0.3, -0.25) is 24.1 Å².